The summed E-state index contributed by atoms with van der Waals surface area (Å²) in [7, 11) is 2.18. The Bertz CT molecular complexity index is 559. The number of likely N-dealkylation sites (N-methyl/N-ethyl adjacent to an activating group) is 1. The number of aromatic nitrogens is 4. The van der Waals surface area contributed by atoms with Crippen LogP contribution in [-0.4, -0.2) is 75.5 Å². The molecule has 0 radical (unpaired) electrons. The summed E-state index contributed by atoms with van der Waals surface area (Å²) in [5.41, 5.74) is 1.58. The molecule has 2 N–H and O–H groups in total. The second-order valence-electron chi connectivity index (χ2n) is 5.39. The molecule has 0 amide bonds. The van der Waals surface area contributed by atoms with Crippen molar-refractivity contribution >= 4 is 17.0 Å². The van der Waals surface area contributed by atoms with E-state index in [4.69, 9.17) is 0 Å². The molecular weight excluding hydrogens is 254 g/mol. The Kier molecular flexibility index (Phi) is 3.79. The lowest BCUT2D eigenvalue weighted by Crippen LogP contribution is -2.49. The third-order valence-corrected chi connectivity index (χ3v) is 3.95. The molecule has 1 saturated heterocycles. The number of H-pyrrole nitrogens is 1. The average molecular weight is 275 g/mol. The number of hydrogen-bond donors (Lipinski definition) is 2. The van der Waals surface area contributed by atoms with Crippen LogP contribution in [0.25, 0.3) is 11.2 Å². The first kappa shape index (κ1) is 13.3. The van der Waals surface area contributed by atoms with Gasteiger partial charge in [-0.25, -0.2) is 15.0 Å². The van der Waals surface area contributed by atoms with Gasteiger partial charge in [-0.15, -0.1) is 0 Å². The average Bonchev–Trinajstić information content (AvgIpc) is 2.94. The van der Waals surface area contributed by atoms with Crippen LogP contribution in [0.3, 0.4) is 0 Å². The molecule has 1 aliphatic rings. The molecule has 0 aromatic carbocycles. The molecule has 2 aromatic rings. The molecule has 108 valence electrons. The zero-order chi connectivity index (χ0) is 13.9. The summed E-state index contributed by atoms with van der Waals surface area (Å²) >= 11 is 0. The number of nitrogens with zero attached hydrogens (tertiary/aromatic N) is 5. The summed E-state index contributed by atoms with van der Waals surface area (Å²) in [6.07, 6.45) is 3.19. The van der Waals surface area contributed by atoms with Gasteiger partial charge in [0.25, 0.3) is 0 Å². The number of nitrogens with one attached hydrogen (secondary N) is 2. The predicted octanol–water partition coefficient (Wildman–Crippen LogP) is 0.401. The minimum Gasteiger partial charge on any atom is -0.367 e. The molecule has 2 aromatic heterocycles. The third kappa shape index (κ3) is 2.73. The van der Waals surface area contributed by atoms with Crippen LogP contribution in [0.4, 0.5) is 5.82 Å². The largest absolute Gasteiger partial charge is 0.367 e. The lowest BCUT2D eigenvalue weighted by atomic mass is 10.2. The maximum atomic E-state index is 4.29. The number of rotatable bonds is 4. The van der Waals surface area contributed by atoms with Crippen molar-refractivity contribution < 1.29 is 0 Å². The molecule has 1 aliphatic heterocycles. The number of aromatic amines is 1. The number of anilines is 1. The van der Waals surface area contributed by atoms with Crippen LogP contribution in [0.5, 0.6) is 0 Å². The monoisotopic (exact) mass is 275 g/mol. The molecule has 1 atom stereocenters. The number of fused-ring (bicyclic) bond motifs is 1. The molecule has 7 heteroatoms. The molecule has 3 rings (SSSR count). The minimum atomic E-state index is 0.483. The fourth-order valence-corrected chi connectivity index (χ4v) is 2.54. The summed E-state index contributed by atoms with van der Waals surface area (Å²) in [6.45, 7) is 7.66. The van der Waals surface area contributed by atoms with E-state index in [0.717, 1.165) is 44.1 Å². The number of hydrogen-bond acceptors (Lipinski definition) is 6. The topological polar surface area (TPSA) is 73.0 Å². The van der Waals surface area contributed by atoms with Gasteiger partial charge in [0.2, 0.25) is 0 Å². The molecule has 3 heterocycles. The molecule has 7 nitrogen and oxygen atoms in total. The van der Waals surface area contributed by atoms with Gasteiger partial charge < -0.3 is 15.2 Å². The van der Waals surface area contributed by atoms with Crippen molar-refractivity contribution in [2.45, 2.75) is 13.0 Å². The summed E-state index contributed by atoms with van der Waals surface area (Å²) in [5.74, 6) is 0.827. The lowest BCUT2D eigenvalue weighted by Gasteiger charge is -2.36. The van der Waals surface area contributed by atoms with Gasteiger partial charge >= 0.3 is 0 Å². The van der Waals surface area contributed by atoms with Gasteiger partial charge in [-0.3, -0.25) is 4.90 Å². The minimum absolute atomic E-state index is 0.483. The van der Waals surface area contributed by atoms with E-state index in [-0.39, 0.29) is 0 Å². The Labute approximate surface area is 118 Å². The van der Waals surface area contributed by atoms with Crippen LogP contribution >= 0.6 is 0 Å². The van der Waals surface area contributed by atoms with Crippen LogP contribution in [0.2, 0.25) is 0 Å². The zero-order valence-corrected chi connectivity index (χ0v) is 12.0. The number of imidazole rings is 1. The summed E-state index contributed by atoms with van der Waals surface area (Å²) < 4.78 is 0. The molecule has 20 heavy (non-hydrogen) atoms. The standard InChI is InChI=1S/C13H21N7/c1-10(20-5-3-19(2)4-6-20)7-14-12-11-13(16-8-15-11)18-9-17-12/h8-10H,3-7H2,1-2H3,(H2,14,15,16,17,18). The predicted molar refractivity (Wildman–Crippen MR) is 78.7 cm³/mol. The van der Waals surface area contributed by atoms with Crippen molar-refractivity contribution in [2.24, 2.45) is 0 Å². The Morgan fingerprint density at radius 3 is 2.85 bits per heavy atom. The van der Waals surface area contributed by atoms with E-state index >= 15 is 0 Å². The van der Waals surface area contributed by atoms with Crippen molar-refractivity contribution in [1.82, 2.24) is 29.7 Å². The highest BCUT2D eigenvalue weighted by Crippen LogP contribution is 2.15. The van der Waals surface area contributed by atoms with Crippen LogP contribution in [0.15, 0.2) is 12.7 Å². The van der Waals surface area contributed by atoms with E-state index < -0.39 is 0 Å². The highest BCUT2D eigenvalue weighted by Gasteiger charge is 2.19. The van der Waals surface area contributed by atoms with Crippen molar-refractivity contribution in [3.63, 3.8) is 0 Å². The SMILES string of the molecule is CC(CNc1ncnc2nc[nH]c12)N1CCN(C)CC1. The van der Waals surface area contributed by atoms with Gasteiger partial charge in [-0.1, -0.05) is 0 Å². The van der Waals surface area contributed by atoms with Gasteiger partial charge in [0.05, 0.1) is 6.33 Å². The fourth-order valence-electron chi connectivity index (χ4n) is 2.54. The summed E-state index contributed by atoms with van der Waals surface area (Å²) in [6, 6.07) is 0.483. The summed E-state index contributed by atoms with van der Waals surface area (Å²) in [4.78, 5) is 20.5. The van der Waals surface area contributed by atoms with Crippen molar-refractivity contribution in [3.8, 4) is 0 Å². The highest BCUT2D eigenvalue weighted by molar-refractivity contribution is 5.81. The first-order chi connectivity index (χ1) is 9.74. The van der Waals surface area contributed by atoms with Crippen LogP contribution in [-0.2, 0) is 0 Å². The van der Waals surface area contributed by atoms with E-state index in [2.05, 4.69) is 49.0 Å². The third-order valence-electron chi connectivity index (χ3n) is 3.95. The maximum absolute atomic E-state index is 4.29. The summed E-state index contributed by atoms with van der Waals surface area (Å²) in [5, 5.41) is 3.40. The maximum Gasteiger partial charge on any atom is 0.182 e. The van der Waals surface area contributed by atoms with Gasteiger partial charge in [0.15, 0.2) is 11.5 Å². The van der Waals surface area contributed by atoms with Gasteiger partial charge in [0.1, 0.15) is 11.8 Å². The Balaban J connectivity index is 1.60. The molecule has 0 spiro atoms. The Morgan fingerprint density at radius 2 is 2.05 bits per heavy atom. The zero-order valence-electron chi connectivity index (χ0n) is 12.0. The van der Waals surface area contributed by atoms with E-state index in [1.165, 1.54) is 0 Å². The van der Waals surface area contributed by atoms with E-state index in [0.29, 0.717) is 11.7 Å². The quantitative estimate of drug-likeness (QED) is 0.841. The van der Waals surface area contributed by atoms with Crippen LogP contribution < -0.4 is 5.32 Å². The van der Waals surface area contributed by atoms with Crippen molar-refractivity contribution in [2.75, 3.05) is 45.1 Å². The molecule has 0 saturated carbocycles. The van der Waals surface area contributed by atoms with Gasteiger partial charge in [-0.05, 0) is 14.0 Å². The molecule has 0 bridgehead atoms. The Hall–Kier alpha value is -1.73. The van der Waals surface area contributed by atoms with E-state index in [1.54, 1.807) is 12.7 Å². The van der Waals surface area contributed by atoms with Crippen LogP contribution in [0, 0.1) is 0 Å². The molecule has 1 fully saturated rings. The van der Waals surface area contributed by atoms with Gasteiger partial charge in [0, 0.05) is 38.8 Å². The smallest absolute Gasteiger partial charge is 0.182 e. The molecule has 0 aliphatic carbocycles. The first-order valence-corrected chi connectivity index (χ1v) is 7.04. The molecule has 1 unspecified atom stereocenters. The Morgan fingerprint density at radius 1 is 1.25 bits per heavy atom. The van der Waals surface area contributed by atoms with Crippen LogP contribution in [0.1, 0.15) is 6.92 Å². The second-order valence-corrected chi connectivity index (χ2v) is 5.39. The van der Waals surface area contributed by atoms with Crippen molar-refractivity contribution in [3.05, 3.63) is 12.7 Å². The highest BCUT2D eigenvalue weighted by atomic mass is 15.3. The number of piperazine rings is 1. The fraction of sp³-hybridized carbons (Fsp3) is 0.615. The van der Waals surface area contributed by atoms with Gasteiger partial charge in [-0.2, -0.15) is 0 Å². The second kappa shape index (κ2) is 5.72. The van der Waals surface area contributed by atoms with E-state index in [1.807, 2.05) is 0 Å². The van der Waals surface area contributed by atoms with Crippen molar-refractivity contribution in [1.29, 1.82) is 0 Å². The normalized spacial score (nSPS) is 19.3. The molecular formula is C13H21N7. The van der Waals surface area contributed by atoms with E-state index in [9.17, 15) is 0 Å². The lowest BCUT2D eigenvalue weighted by molar-refractivity contribution is 0.123. The first-order valence-electron chi connectivity index (χ1n) is 7.04.